The molecule has 2 aliphatic rings. The number of amidine groups is 1. The molecule has 0 spiro atoms. The van der Waals surface area contributed by atoms with Gasteiger partial charge in [-0.05, 0) is 50.0 Å². The van der Waals surface area contributed by atoms with Crippen LogP contribution in [0.2, 0.25) is 0 Å². The normalized spacial score (nSPS) is 30.6. The maximum Gasteiger partial charge on any atom is 0.119 e. The maximum atomic E-state index is 4.40. The first-order valence-corrected chi connectivity index (χ1v) is 7.47. The molecule has 0 saturated heterocycles. The van der Waals surface area contributed by atoms with Crippen LogP contribution in [0.5, 0.6) is 0 Å². The second-order valence-electron chi connectivity index (χ2n) is 5.72. The van der Waals surface area contributed by atoms with E-state index in [-0.39, 0.29) is 0 Å². The van der Waals surface area contributed by atoms with Gasteiger partial charge in [-0.2, -0.15) is 0 Å². The van der Waals surface area contributed by atoms with Crippen LogP contribution in [0.1, 0.15) is 58.3 Å². The fourth-order valence-corrected chi connectivity index (χ4v) is 3.22. The molecule has 1 saturated carbocycles. The van der Waals surface area contributed by atoms with E-state index in [1.165, 1.54) is 56.9 Å². The number of allylic oxidation sites excluding steroid dienone is 2. The molecule has 2 atom stereocenters. The van der Waals surface area contributed by atoms with Crippen molar-refractivity contribution in [1.29, 1.82) is 0 Å². The predicted molar refractivity (Wildman–Crippen MR) is 79.5 cm³/mol. The first-order valence-electron chi connectivity index (χ1n) is 7.47. The van der Waals surface area contributed by atoms with E-state index in [9.17, 15) is 0 Å². The molecule has 2 rings (SSSR count). The van der Waals surface area contributed by atoms with Gasteiger partial charge < -0.3 is 0 Å². The Kier molecular flexibility index (Phi) is 5.15. The lowest BCUT2D eigenvalue weighted by molar-refractivity contribution is 0.280. The summed E-state index contributed by atoms with van der Waals surface area (Å²) in [7, 11) is 1.80. The smallest absolute Gasteiger partial charge is 0.119 e. The van der Waals surface area contributed by atoms with Crippen LogP contribution in [0, 0.1) is 11.8 Å². The summed E-state index contributed by atoms with van der Waals surface area (Å²) >= 11 is 0. The number of nitrogens with zero attached hydrogens (tertiary/aromatic N) is 2. The molecule has 0 bridgehead atoms. The van der Waals surface area contributed by atoms with Crippen LogP contribution in [0.15, 0.2) is 21.6 Å². The molecule has 0 amide bonds. The Morgan fingerprint density at radius 2 is 1.94 bits per heavy atom. The molecule has 2 nitrogen and oxygen atoms in total. The fraction of sp³-hybridized carbons (Fsp3) is 0.750. The first-order chi connectivity index (χ1) is 8.79. The Morgan fingerprint density at radius 3 is 2.72 bits per heavy atom. The highest BCUT2D eigenvalue weighted by molar-refractivity contribution is 5.93. The molecule has 0 aliphatic heterocycles. The van der Waals surface area contributed by atoms with Gasteiger partial charge in [0.25, 0.3) is 0 Å². The van der Waals surface area contributed by atoms with E-state index in [0.717, 1.165) is 17.7 Å². The van der Waals surface area contributed by atoms with Gasteiger partial charge in [0.15, 0.2) is 0 Å². The van der Waals surface area contributed by atoms with Gasteiger partial charge in [0.05, 0.1) is 0 Å². The third-order valence-electron chi connectivity index (χ3n) is 4.44. The van der Waals surface area contributed by atoms with Crippen molar-refractivity contribution in [3.05, 3.63) is 11.6 Å². The van der Waals surface area contributed by atoms with Crippen molar-refractivity contribution in [2.75, 3.05) is 7.05 Å². The maximum absolute atomic E-state index is 4.40. The summed E-state index contributed by atoms with van der Waals surface area (Å²) in [5.74, 6) is 2.64. The van der Waals surface area contributed by atoms with Crippen LogP contribution in [0.4, 0.5) is 0 Å². The largest absolute Gasteiger partial charge is 0.274 e. The van der Waals surface area contributed by atoms with E-state index in [0.29, 0.717) is 0 Å². The molecule has 0 N–H and O–H groups in total. The third-order valence-corrected chi connectivity index (χ3v) is 4.44. The zero-order valence-electron chi connectivity index (χ0n) is 11.9. The van der Waals surface area contributed by atoms with Gasteiger partial charge in [-0.3, -0.25) is 4.99 Å². The van der Waals surface area contributed by atoms with E-state index in [4.69, 9.17) is 0 Å². The molecule has 18 heavy (non-hydrogen) atoms. The third kappa shape index (κ3) is 3.79. The lowest BCUT2D eigenvalue weighted by Gasteiger charge is -2.31. The first kappa shape index (κ1) is 13.5. The summed E-state index contributed by atoms with van der Waals surface area (Å²) in [6.45, 7) is 1.96. The SMILES string of the molecule is C/N=C(C)\N=C/C1=CC2CCCCCCC2CC1. The lowest BCUT2D eigenvalue weighted by atomic mass is 9.74. The predicted octanol–water partition coefficient (Wildman–Crippen LogP) is 4.41. The van der Waals surface area contributed by atoms with Crippen molar-refractivity contribution in [2.45, 2.75) is 58.3 Å². The highest BCUT2D eigenvalue weighted by Gasteiger charge is 2.24. The molecule has 0 heterocycles. The molecule has 0 aromatic rings. The number of rotatable bonds is 1. The van der Waals surface area contributed by atoms with Gasteiger partial charge in [-0.1, -0.05) is 31.8 Å². The summed E-state index contributed by atoms with van der Waals surface area (Å²) < 4.78 is 0. The van der Waals surface area contributed by atoms with Crippen molar-refractivity contribution < 1.29 is 0 Å². The summed E-state index contributed by atoms with van der Waals surface area (Å²) in [5, 5.41) is 0. The molecular formula is C16H26N2. The quantitative estimate of drug-likeness (QED) is 0.483. The minimum atomic E-state index is 0.819. The molecule has 2 heteroatoms. The number of aliphatic imine (C=N–C) groups is 2. The van der Waals surface area contributed by atoms with E-state index in [1.807, 2.05) is 13.1 Å². The Bertz CT molecular complexity index is 352. The van der Waals surface area contributed by atoms with Crippen molar-refractivity contribution in [1.82, 2.24) is 0 Å². The van der Waals surface area contributed by atoms with E-state index < -0.39 is 0 Å². The molecule has 1 fully saturated rings. The topological polar surface area (TPSA) is 24.7 Å². The molecule has 0 aromatic heterocycles. The average Bonchev–Trinajstić information content (AvgIpc) is 2.37. The Labute approximate surface area is 111 Å². The van der Waals surface area contributed by atoms with Gasteiger partial charge in [0, 0.05) is 13.3 Å². The van der Waals surface area contributed by atoms with Crippen LogP contribution in [-0.2, 0) is 0 Å². The molecular weight excluding hydrogens is 220 g/mol. The van der Waals surface area contributed by atoms with E-state index in [1.54, 1.807) is 7.05 Å². The highest BCUT2D eigenvalue weighted by atomic mass is 14.9. The second kappa shape index (κ2) is 6.86. The van der Waals surface area contributed by atoms with E-state index in [2.05, 4.69) is 16.1 Å². The number of fused-ring (bicyclic) bond motifs is 1. The summed E-state index contributed by atoms with van der Waals surface area (Å²) in [5.41, 5.74) is 1.43. The highest BCUT2D eigenvalue weighted by Crippen LogP contribution is 2.36. The average molecular weight is 246 g/mol. The minimum absolute atomic E-state index is 0.819. The number of hydrogen-bond donors (Lipinski definition) is 0. The van der Waals surface area contributed by atoms with Crippen LogP contribution in [-0.4, -0.2) is 19.1 Å². The minimum Gasteiger partial charge on any atom is -0.274 e. The molecule has 0 aromatic carbocycles. The van der Waals surface area contributed by atoms with Gasteiger partial charge in [0.1, 0.15) is 5.84 Å². The van der Waals surface area contributed by atoms with E-state index >= 15 is 0 Å². The fourth-order valence-electron chi connectivity index (χ4n) is 3.22. The van der Waals surface area contributed by atoms with Gasteiger partial charge in [-0.15, -0.1) is 0 Å². The van der Waals surface area contributed by atoms with Gasteiger partial charge in [-0.25, -0.2) is 4.99 Å². The summed E-state index contributed by atoms with van der Waals surface area (Å²) in [4.78, 5) is 8.48. The van der Waals surface area contributed by atoms with Crippen molar-refractivity contribution in [3.63, 3.8) is 0 Å². The van der Waals surface area contributed by atoms with Crippen molar-refractivity contribution >= 4 is 12.1 Å². The standard InChI is InChI=1S/C16H26N2/c1-13(17-2)18-12-14-9-10-15-7-5-3-4-6-8-16(15)11-14/h11-12,15-16H,3-10H2,1-2H3/b17-13-,18-12-. The van der Waals surface area contributed by atoms with Crippen LogP contribution in [0.25, 0.3) is 0 Å². The van der Waals surface area contributed by atoms with Crippen LogP contribution < -0.4 is 0 Å². The molecule has 2 aliphatic carbocycles. The van der Waals surface area contributed by atoms with Crippen LogP contribution in [0.3, 0.4) is 0 Å². The second-order valence-corrected chi connectivity index (χ2v) is 5.72. The van der Waals surface area contributed by atoms with Gasteiger partial charge >= 0.3 is 0 Å². The van der Waals surface area contributed by atoms with Crippen LogP contribution >= 0.6 is 0 Å². The Hall–Kier alpha value is -0.920. The monoisotopic (exact) mass is 246 g/mol. The summed E-state index contributed by atoms with van der Waals surface area (Å²) in [6.07, 6.45) is 15.7. The zero-order chi connectivity index (χ0) is 12.8. The van der Waals surface area contributed by atoms with Crippen molar-refractivity contribution in [3.8, 4) is 0 Å². The Morgan fingerprint density at radius 1 is 1.17 bits per heavy atom. The summed E-state index contributed by atoms with van der Waals surface area (Å²) in [6, 6.07) is 0. The van der Waals surface area contributed by atoms with Crippen molar-refractivity contribution in [2.24, 2.45) is 21.8 Å². The number of hydrogen-bond acceptors (Lipinski definition) is 1. The molecule has 2 unspecified atom stereocenters. The zero-order valence-corrected chi connectivity index (χ0v) is 11.9. The molecule has 0 radical (unpaired) electrons. The lowest BCUT2D eigenvalue weighted by Crippen LogP contribution is -2.20. The molecule has 100 valence electrons. The Balaban J connectivity index is 2.01. The van der Waals surface area contributed by atoms with Gasteiger partial charge in [0.2, 0.25) is 0 Å².